The van der Waals surface area contributed by atoms with E-state index in [4.69, 9.17) is 4.74 Å². The first-order chi connectivity index (χ1) is 7.81. The van der Waals surface area contributed by atoms with Gasteiger partial charge in [0.25, 0.3) is 5.91 Å². The minimum Gasteiger partial charge on any atom is -0.481 e. The van der Waals surface area contributed by atoms with E-state index in [0.717, 1.165) is 25.9 Å². The summed E-state index contributed by atoms with van der Waals surface area (Å²) in [7, 11) is 1.55. The summed E-state index contributed by atoms with van der Waals surface area (Å²) >= 11 is 0. The summed E-state index contributed by atoms with van der Waals surface area (Å²) < 4.78 is 5.01. The lowest BCUT2D eigenvalue weighted by atomic mass is 10.1. The Kier molecular flexibility index (Phi) is 3.39. The van der Waals surface area contributed by atoms with Crippen molar-refractivity contribution in [1.82, 2.24) is 9.88 Å². The Hall–Kier alpha value is -1.58. The van der Waals surface area contributed by atoms with Gasteiger partial charge in [-0.15, -0.1) is 0 Å². The molecule has 0 aromatic carbocycles. The third-order valence-corrected chi connectivity index (χ3v) is 2.83. The number of hydrogen-bond acceptors (Lipinski definition) is 3. The molecule has 1 aromatic rings. The van der Waals surface area contributed by atoms with Crippen molar-refractivity contribution in [3.63, 3.8) is 0 Å². The Morgan fingerprint density at radius 3 is 2.81 bits per heavy atom. The average Bonchev–Trinajstić information content (AvgIpc) is 2.39. The fourth-order valence-electron chi connectivity index (χ4n) is 1.93. The van der Waals surface area contributed by atoms with Crippen LogP contribution < -0.4 is 4.74 Å². The molecule has 1 fully saturated rings. The van der Waals surface area contributed by atoms with Crippen LogP contribution in [-0.2, 0) is 0 Å². The second-order valence-electron chi connectivity index (χ2n) is 3.94. The zero-order chi connectivity index (χ0) is 11.4. The number of hydrogen-bond donors (Lipinski definition) is 0. The van der Waals surface area contributed by atoms with Gasteiger partial charge >= 0.3 is 0 Å². The zero-order valence-corrected chi connectivity index (χ0v) is 9.48. The van der Waals surface area contributed by atoms with Gasteiger partial charge in [0.1, 0.15) is 0 Å². The lowest BCUT2D eigenvalue weighted by Crippen LogP contribution is -2.35. The van der Waals surface area contributed by atoms with Gasteiger partial charge in [-0.1, -0.05) is 0 Å². The largest absolute Gasteiger partial charge is 0.481 e. The summed E-state index contributed by atoms with van der Waals surface area (Å²) in [5.41, 5.74) is 0.661. The number of carbonyl (C=O) groups is 1. The fraction of sp³-hybridized carbons (Fsp3) is 0.500. The van der Waals surface area contributed by atoms with E-state index in [0.29, 0.717) is 11.4 Å². The number of carbonyl (C=O) groups excluding carboxylic acids is 1. The number of ether oxygens (including phenoxy) is 1. The molecule has 1 aromatic heterocycles. The highest BCUT2D eigenvalue weighted by atomic mass is 16.5. The van der Waals surface area contributed by atoms with E-state index < -0.39 is 0 Å². The van der Waals surface area contributed by atoms with Crippen molar-refractivity contribution < 1.29 is 9.53 Å². The number of amides is 1. The first-order valence-electron chi connectivity index (χ1n) is 5.60. The van der Waals surface area contributed by atoms with Crippen LogP contribution in [0.15, 0.2) is 18.3 Å². The molecule has 0 radical (unpaired) electrons. The molecule has 1 aliphatic heterocycles. The van der Waals surface area contributed by atoms with Gasteiger partial charge in [-0.2, -0.15) is 0 Å². The molecule has 0 saturated carbocycles. The summed E-state index contributed by atoms with van der Waals surface area (Å²) in [5.74, 6) is 0.572. The first-order valence-corrected chi connectivity index (χ1v) is 5.60. The van der Waals surface area contributed by atoms with Crippen LogP contribution in [0.5, 0.6) is 5.88 Å². The summed E-state index contributed by atoms with van der Waals surface area (Å²) in [6.07, 6.45) is 5.04. The predicted molar refractivity (Wildman–Crippen MR) is 60.5 cm³/mol. The molecule has 4 nitrogen and oxygen atoms in total. The van der Waals surface area contributed by atoms with Crippen molar-refractivity contribution in [1.29, 1.82) is 0 Å². The van der Waals surface area contributed by atoms with E-state index in [2.05, 4.69) is 4.98 Å². The maximum atomic E-state index is 12.1. The Labute approximate surface area is 95.2 Å². The molecule has 16 heavy (non-hydrogen) atoms. The van der Waals surface area contributed by atoms with E-state index >= 15 is 0 Å². The highest BCUT2D eigenvalue weighted by Gasteiger charge is 2.18. The first kappa shape index (κ1) is 10.9. The predicted octanol–water partition coefficient (Wildman–Crippen LogP) is 1.72. The normalized spacial score (nSPS) is 15.9. The Balaban J connectivity index is 2.12. The minimum absolute atomic E-state index is 0.0837. The molecule has 0 atom stereocenters. The van der Waals surface area contributed by atoms with Gasteiger partial charge in [0.2, 0.25) is 5.88 Å². The number of pyridine rings is 1. The number of nitrogens with zero attached hydrogens (tertiary/aromatic N) is 2. The van der Waals surface area contributed by atoms with Crippen molar-refractivity contribution in [2.75, 3.05) is 20.2 Å². The van der Waals surface area contributed by atoms with Crippen LogP contribution >= 0.6 is 0 Å². The summed E-state index contributed by atoms with van der Waals surface area (Å²) in [6, 6.07) is 3.43. The van der Waals surface area contributed by atoms with Gasteiger partial charge in [0, 0.05) is 30.9 Å². The molecule has 0 unspecified atom stereocenters. The Morgan fingerprint density at radius 1 is 1.38 bits per heavy atom. The number of piperidine rings is 1. The molecule has 86 valence electrons. The third kappa shape index (κ3) is 2.32. The topological polar surface area (TPSA) is 42.4 Å². The molecular weight excluding hydrogens is 204 g/mol. The molecule has 0 bridgehead atoms. The van der Waals surface area contributed by atoms with Gasteiger partial charge in [0.05, 0.1) is 7.11 Å². The van der Waals surface area contributed by atoms with Crippen LogP contribution in [0, 0.1) is 0 Å². The lowest BCUT2D eigenvalue weighted by molar-refractivity contribution is 0.0724. The maximum Gasteiger partial charge on any atom is 0.254 e. The van der Waals surface area contributed by atoms with Crippen molar-refractivity contribution >= 4 is 5.91 Å². The quantitative estimate of drug-likeness (QED) is 0.762. The van der Waals surface area contributed by atoms with Gasteiger partial charge < -0.3 is 9.64 Å². The van der Waals surface area contributed by atoms with Crippen LogP contribution in [0.25, 0.3) is 0 Å². The molecule has 0 spiro atoms. The minimum atomic E-state index is 0.0837. The molecular formula is C12H16N2O2. The van der Waals surface area contributed by atoms with Gasteiger partial charge in [-0.3, -0.25) is 4.79 Å². The van der Waals surface area contributed by atoms with Crippen LogP contribution in [0.2, 0.25) is 0 Å². The standard InChI is InChI=1S/C12H16N2O2/c1-16-11-9-10(5-6-13-11)12(15)14-7-3-2-4-8-14/h5-6,9H,2-4,7-8H2,1H3. The van der Waals surface area contributed by atoms with E-state index in [-0.39, 0.29) is 5.91 Å². The lowest BCUT2D eigenvalue weighted by Gasteiger charge is -2.26. The Bertz CT molecular complexity index is 373. The molecule has 1 saturated heterocycles. The SMILES string of the molecule is COc1cc(C(=O)N2CCCCC2)ccn1. The molecule has 2 rings (SSSR count). The van der Waals surface area contributed by atoms with Gasteiger partial charge in [0.15, 0.2) is 0 Å². The second-order valence-corrected chi connectivity index (χ2v) is 3.94. The number of rotatable bonds is 2. The maximum absolute atomic E-state index is 12.1. The molecule has 0 N–H and O–H groups in total. The van der Waals surface area contributed by atoms with Crippen molar-refractivity contribution in [2.24, 2.45) is 0 Å². The number of aromatic nitrogens is 1. The fourth-order valence-corrected chi connectivity index (χ4v) is 1.93. The highest BCUT2D eigenvalue weighted by Crippen LogP contribution is 2.15. The highest BCUT2D eigenvalue weighted by molar-refractivity contribution is 5.94. The molecule has 1 amide bonds. The van der Waals surface area contributed by atoms with Gasteiger partial charge in [-0.25, -0.2) is 4.98 Å². The molecule has 2 heterocycles. The number of methoxy groups -OCH3 is 1. The van der Waals surface area contributed by atoms with Crippen LogP contribution in [0.1, 0.15) is 29.6 Å². The van der Waals surface area contributed by atoms with Crippen LogP contribution in [0.3, 0.4) is 0 Å². The van der Waals surface area contributed by atoms with E-state index in [1.807, 2.05) is 4.90 Å². The van der Waals surface area contributed by atoms with E-state index in [1.54, 1.807) is 25.4 Å². The van der Waals surface area contributed by atoms with Crippen LogP contribution in [-0.4, -0.2) is 36.0 Å². The van der Waals surface area contributed by atoms with E-state index in [1.165, 1.54) is 6.42 Å². The monoisotopic (exact) mass is 220 g/mol. The zero-order valence-electron chi connectivity index (χ0n) is 9.48. The van der Waals surface area contributed by atoms with E-state index in [9.17, 15) is 4.79 Å². The Morgan fingerprint density at radius 2 is 2.12 bits per heavy atom. The summed E-state index contributed by atoms with van der Waals surface area (Å²) in [5, 5.41) is 0. The van der Waals surface area contributed by atoms with Gasteiger partial charge in [-0.05, 0) is 25.3 Å². The van der Waals surface area contributed by atoms with Crippen molar-refractivity contribution in [2.45, 2.75) is 19.3 Å². The number of likely N-dealkylation sites (tertiary alicyclic amines) is 1. The third-order valence-electron chi connectivity index (χ3n) is 2.83. The average molecular weight is 220 g/mol. The second kappa shape index (κ2) is 4.96. The molecule has 0 aliphatic carbocycles. The molecule has 4 heteroatoms. The summed E-state index contributed by atoms with van der Waals surface area (Å²) in [6.45, 7) is 1.73. The smallest absolute Gasteiger partial charge is 0.254 e. The van der Waals surface area contributed by atoms with Crippen molar-refractivity contribution in [3.05, 3.63) is 23.9 Å². The van der Waals surface area contributed by atoms with Crippen molar-refractivity contribution in [3.8, 4) is 5.88 Å². The molecule has 1 aliphatic rings. The summed E-state index contributed by atoms with van der Waals surface area (Å²) in [4.78, 5) is 18.0. The van der Waals surface area contributed by atoms with Crippen LogP contribution in [0.4, 0.5) is 0 Å².